The third kappa shape index (κ3) is 7.36. The van der Waals surface area contributed by atoms with Gasteiger partial charge in [-0.3, -0.25) is 4.68 Å². The van der Waals surface area contributed by atoms with Crippen LogP contribution >= 0.6 is 0 Å². The van der Waals surface area contributed by atoms with Crippen molar-refractivity contribution in [3.63, 3.8) is 0 Å². The molecule has 0 bridgehead atoms. The number of benzene rings is 1. The molecule has 2 aromatic heterocycles. The first kappa shape index (κ1) is 32.6. The fraction of sp³-hybridized carbons (Fsp3) is 0.548. The minimum atomic E-state index is -4.98. The average molecular weight is 638 g/mol. The van der Waals surface area contributed by atoms with Crippen molar-refractivity contribution in [3.05, 3.63) is 59.7 Å². The van der Waals surface area contributed by atoms with E-state index in [9.17, 15) is 31.1 Å². The van der Waals surface area contributed by atoms with Crippen LogP contribution in [0.15, 0.2) is 43.0 Å². The molecule has 2 aliphatic rings. The first-order valence-corrected chi connectivity index (χ1v) is 15.1. The van der Waals surface area contributed by atoms with Crippen molar-refractivity contribution < 1.29 is 31.1 Å². The molecule has 2 amide bonds. The summed E-state index contributed by atoms with van der Waals surface area (Å²) in [5, 5.41) is 4.14. The lowest BCUT2D eigenvalue weighted by Crippen LogP contribution is -2.49. The molecule has 1 aliphatic carbocycles. The third-order valence-electron chi connectivity index (χ3n) is 8.91. The predicted molar refractivity (Wildman–Crippen MR) is 156 cm³/mol. The van der Waals surface area contributed by atoms with Crippen molar-refractivity contribution in [2.24, 2.45) is 7.05 Å². The van der Waals surface area contributed by atoms with Gasteiger partial charge in [0, 0.05) is 69.0 Å². The summed E-state index contributed by atoms with van der Waals surface area (Å²) in [5.74, 6) is 0.142. The summed E-state index contributed by atoms with van der Waals surface area (Å²) in [6, 6.07) is 0.980. The molecule has 5 rings (SSSR count). The molecule has 1 saturated carbocycles. The number of amides is 2. The molecule has 0 unspecified atom stereocenters. The minimum absolute atomic E-state index is 0.122. The molecule has 1 saturated heterocycles. The van der Waals surface area contributed by atoms with Crippen molar-refractivity contribution in [1.29, 1.82) is 0 Å². The second-order valence-corrected chi connectivity index (χ2v) is 12.0. The van der Waals surface area contributed by atoms with Gasteiger partial charge in [-0.1, -0.05) is 26.2 Å². The number of alkyl halides is 6. The van der Waals surface area contributed by atoms with Gasteiger partial charge >= 0.3 is 18.4 Å². The smallest absolute Gasteiger partial charge is 0.332 e. The monoisotopic (exact) mass is 637 g/mol. The number of aryl methyl sites for hydroxylation is 1. The molecule has 2 atom stereocenters. The van der Waals surface area contributed by atoms with E-state index in [1.165, 1.54) is 0 Å². The number of halogens is 6. The van der Waals surface area contributed by atoms with Gasteiger partial charge in [-0.25, -0.2) is 14.8 Å². The number of nitrogens with zero attached hydrogens (tertiary/aromatic N) is 7. The van der Waals surface area contributed by atoms with E-state index in [-0.39, 0.29) is 48.8 Å². The maximum atomic E-state index is 13.7. The summed E-state index contributed by atoms with van der Waals surface area (Å²) in [4.78, 5) is 27.9. The summed E-state index contributed by atoms with van der Waals surface area (Å²) in [5.41, 5.74) is -1.56. The number of hydrogen-bond donors (Lipinski definition) is 0. The van der Waals surface area contributed by atoms with Gasteiger partial charge in [-0.05, 0) is 49.4 Å². The van der Waals surface area contributed by atoms with E-state index < -0.39 is 29.5 Å². The molecule has 3 heterocycles. The van der Waals surface area contributed by atoms with E-state index in [2.05, 4.69) is 15.1 Å². The number of likely N-dealkylation sites (tertiary alicyclic amines) is 1. The van der Waals surface area contributed by atoms with Gasteiger partial charge in [0.05, 0.1) is 23.4 Å². The molecule has 1 aromatic carbocycles. The minimum Gasteiger partial charge on any atom is -0.332 e. The van der Waals surface area contributed by atoms with Crippen LogP contribution in [0.25, 0.3) is 11.1 Å². The number of hydrogen-bond acceptors (Lipinski definition) is 5. The first-order chi connectivity index (χ1) is 21.2. The number of carbonyl (C=O) groups is 1. The Morgan fingerprint density at radius 2 is 1.53 bits per heavy atom. The zero-order chi connectivity index (χ0) is 32.5. The van der Waals surface area contributed by atoms with Crippen molar-refractivity contribution >= 4 is 12.0 Å². The van der Waals surface area contributed by atoms with Gasteiger partial charge in [0.25, 0.3) is 0 Å². The maximum absolute atomic E-state index is 13.7. The van der Waals surface area contributed by atoms with Crippen molar-refractivity contribution in [1.82, 2.24) is 29.5 Å². The van der Waals surface area contributed by atoms with Gasteiger partial charge < -0.3 is 14.7 Å². The predicted octanol–water partition coefficient (Wildman–Crippen LogP) is 7.16. The van der Waals surface area contributed by atoms with Gasteiger partial charge in [0.2, 0.25) is 5.95 Å². The lowest BCUT2D eigenvalue weighted by Gasteiger charge is -2.36. The Morgan fingerprint density at radius 1 is 0.911 bits per heavy atom. The van der Waals surface area contributed by atoms with Crippen LogP contribution in [0.2, 0.25) is 0 Å². The lowest BCUT2D eigenvalue weighted by molar-refractivity contribution is -0.143. The van der Waals surface area contributed by atoms with Crippen LogP contribution < -0.4 is 4.90 Å². The Bertz CT molecular complexity index is 1430. The summed E-state index contributed by atoms with van der Waals surface area (Å²) >= 11 is 0. The standard InChI is InChI=1S/C31H37F6N7O/c1-4-25-13-27(19-44(25)29(45)42(3)26-8-6-5-7-9-26)43(28-38-14-21(15-39-28)22-16-40-41(2)18-22)17-20-10-23(30(32,33)34)12-24(11-20)31(35,36)37/h10-12,14-16,18,25-27H,4-9,13,17,19H2,1-3H3/t25-,27+/m1/s1. The zero-order valence-corrected chi connectivity index (χ0v) is 25.4. The van der Waals surface area contributed by atoms with E-state index in [1.807, 2.05) is 6.92 Å². The third-order valence-corrected chi connectivity index (χ3v) is 8.91. The lowest BCUT2D eigenvalue weighted by atomic mass is 9.95. The number of rotatable bonds is 7. The van der Waals surface area contributed by atoms with E-state index in [0.717, 1.165) is 49.8 Å². The Balaban J connectivity index is 1.49. The van der Waals surface area contributed by atoms with Crippen LogP contribution in [0.5, 0.6) is 0 Å². The molecule has 8 nitrogen and oxygen atoms in total. The largest absolute Gasteiger partial charge is 0.416 e. The molecule has 14 heteroatoms. The van der Waals surface area contributed by atoms with Crippen LogP contribution in [0.1, 0.15) is 68.6 Å². The van der Waals surface area contributed by atoms with Gasteiger partial charge in [0.15, 0.2) is 0 Å². The van der Waals surface area contributed by atoms with Crippen molar-refractivity contribution in [2.45, 2.75) is 88.9 Å². The number of anilines is 1. The Hall–Kier alpha value is -3.84. The van der Waals surface area contributed by atoms with E-state index >= 15 is 0 Å². The molecular weight excluding hydrogens is 600 g/mol. The highest BCUT2D eigenvalue weighted by molar-refractivity contribution is 5.75. The van der Waals surface area contributed by atoms with Gasteiger partial charge in [-0.2, -0.15) is 31.4 Å². The maximum Gasteiger partial charge on any atom is 0.416 e. The summed E-state index contributed by atoms with van der Waals surface area (Å²) in [7, 11) is 3.56. The van der Waals surface area contributed by atoms with Crippen LogP contribution in [0.4, 0.5) is 37.1 Å². The number of carbonyl (C=O) groups excluding carboxylic acids is 1. The number of aromatic nitrogens is 4. The van der Waals surface area contributed by atoms with Crippen LogP contribution in [0, 0.1) is 0 Å². The molecule has 2 fully saturated rings. The Labute approximate surface area is 258 Å². The normalized spacial score (nSPS) is 19.6. The number of urea groups is 1. The summed E-state index contributed by atoms with van der Waals surface area (Å²) in [6.45, 7) is 1.87. The first-order valence-electron chi connectivity index (χ1n) is 15.1. The SMILES string of the molecule is CC[C@@H]1C[C@H](N(Cc2cc(C(F)(F)F)cc(C(F)(F)F)c2)c2ncc(-c3cnn(C)c3)cn2)CN1C(=O)N(C)C1CCCCC1. The molecule has 0 N–H and O–H groups in total. The van der Waals surface area contributed by atoms with E-state index in [1.54, 1.807) is 58.3 Å². The quantitative estimate of drug-likeness (QED) is 0.257. The Morgan fingerprint density at radius 3 is 2.07 bits per heavy atom. The molecule has 45 heavy (non-hydrogen) atoms. The van der Waals surface area contributed by atoms with Crippen molar-refractivity contribution in [3.8, 4) is 11.1 Å². The van der Waals surface area contributed by atoms with Crippen LogP contribution in [-0.2, 0) is 25.9 Å². The molecule has 3 aromatic rings. The molecule has 0 radical (unpaired) electrons. The molecule has 0 spiro atoms. The van der Waals surface area contributed by atoms with Gasteiger partial charge in [0.1, 0.15) is 0 Å². The highest BCUT2D eigenvalue weighted by Crippen LogP contribution is 2.38. The molecular formula is C31H37F6N7O. The van der Waals surface area contributed by atoms with Gasteiger partial charge in [-0.15, -0.1) is 0 Å². The second kappa shape index (κ2) is 12.9. The van der Waals surface area contributed by atoms with Crippen molar-refractivity contribution in [2.75, 3.05) is 18.5 Å². The fourth-order valence-electron chi connectivity index (χ4n) is 6.43. The molecule has 244 valence electrons. The highest BCUT2D eigenvalue weighted by Gasteiger charge is 2.41. The summed E-state index contributed by atoms with van der Waals surface area (Å²) in [6.07, 6.45) is 2.74. The highest BCUT2D eigenvalue weighted by atomic mass is 19.4. The van der Waals surface area contributed by atoms with E-state index in [0.29, 0.717) is 18.4 Å². The molecule has 1 aliphatic heterocycles. The summed E-state index contributed by atoms with van der Waals surface area (Å²) < 4.78 is 83.9. The second-order valence-electron chi connectivity index (χ2n) is 12.0. The van der Waals surface area contributed by atoms with E-state index in [4.69, 9.17) is 0 Å². The Kier molecular flexibility index (Phi) is 9.31. The fourth-order valence-corrected chi connectivity index (χ4v) is 6.43. The zero-order valence-electron chi connectivity index (χ0n) is 25.4. The topological polar surface area (TPSA) is 70.4 Å². The van der Waals surface area contributed by atoms with Crippen LogP contribution in [0.3, 0.4) is 0 Å². The van der Waals surface area contributed by atoms with Crippen LogP contribution in [-0.4, -0.2) is 67.3 Å². The average Bonchev–Trinajstić information content (AvgIpc) is 3.65.